The maximum absolute atomic E-state index is 13.6. The van der Waals surface area contributed by atoms with Gasteiger partial charge >= 0.3 is 5.69 Å². The average molecular weight is 604 g/mol. The predicted molar refractivity (Wildman–Crippen MR) is 158 cm³/mol. The first-order chi connectivity index (χ1) is 21.2. The van der Waals surface area contributed by atoms with Crippen LogP contribution in [-0.2, 0) is 30.2 Å². The van der Waals surface area contributed by atoms with Crippen LogP contribution in [0.4, 0.5) is 16.0 Å². The van der Waals surface area contributed by atoms with Gasteiger partial charge in [0.05, 0.1) is 24.7 Å². The van der Waals surface area contributed by atoms with E-state index >= 15 is 0 Å². The number of aromatic nitrogens is 4. The van der Waals surface area contributed by atoms with E-state index in [4.69, 9.17) is 14.5 Å². The van der Waals surface area contributed by atoms with Crippen molar-refractivity contribution in [3.8, 4) is 11.5 Å². The smallest absolute Gasteiger partial charge is 0.332 e. The van der Waals surface area contributed by atoms with Crippen molar-refractivity contribution in [3.63, 3.8) is 0 Å². The Bertz CT molecular complexity index is 1920. The largest absolute Gasteiger partial charge is 0.486 e. The molecule has 0 radical (unpaired) electrons. The average Bonchev–Trinajstić information content (AvgIpc) is 3.56. The summed E-state index contributed by atoms with van der Waals surface area (Å²) in [5.41, 5.74) is 0.768. The van der Waals surface area contributed by atoms with Gasteiger partial charge in [-0.05, 0) is 29.8 Å². The first-order valence-electron chi connectivity index (χ1n) is 14.4. The van der Waals surface area contributed by atoms with Gasteiger partial charge in [0.25, 0.3) is 11.5 Å². The molecule has 2 saturated heterocycles. The van der Waals surface area contributed by atoms with E-state index < -0.39 is 17.3 Å². The first kappa shape index (κ1) is 27.8. The van der Waals surface area contributed by atoms with Crippen LogP contribution in [0.15, 0.2) is 52.1 Å². The number of hydrogen-bond donors (Lipinski definition) is 0. The minimum Gasteiger partial charge on any atom is -0.486 e. The van der Waals surface area contributed by atoms with Crippen molar-refractivity contribution in [1.29, 1.82) is 0 Å². The maximum Gasteiger partial charge on any atom is 0.332 e. The molecule has 44 heavy (non-hydrogen) atoms. The molecular weight excluding hydrogens is 573 g/mol. The molecule has 0 N–H and O–H groups in total. The third kappa shape index (κ3) is 4.53. The van der Waals surface area contributed by atoms with E-state index in [1.807, 2.05) is 9.80 Å². The summed E-state index contributed by atoms with van der Waals surface area (Å²) < 4.78 is 29.0. The molecule has 1 unspecified atom stereocenters. The number of imide groups is 1. The number of imidazole rings is 1. The number of benzene rings is 2. The second-order valence-electron chi connectivity index (χ2n) is 11.1. The van der Waals surface area contributed by atoms with Gasteiger partial charge in [0.1, 0.15) is 19.0 Å². The summed E-state index contributed by atoms with van der Waals surface area (Å²) in [5, 5.41) is 0. The molecule has 0 saturated carbocycles. The number of amides is 2. The van der Waals surface area contributed by atoms with Gasteiger partial charge in [-0.3, -0.25) is 33.0 Å². The van der Waals surface area contributed by atoms with Gasteiger partial charge in [-0.1, -0.05) is 12.1 Å². The number of carbonyl (C=O) groups is 2. The lowest BCUT2D eigenvalue weighted by atomic mass is 10.1. The molecule has 0 aliphatic carbocycles. The van der Waals surface area contributed by atoms with E-state index in [-0.39, 0.29) is 41.8 Å². The van der Waals surface area contributed by atoms with Gasteiger partial charge in [0.15, 0.2) is 22.7 Å². The number of anilines is 2. The van der Waals surface area contributed by atoms with Crippen molar-refractivity contribution in [2.75, 3.05) is 49.2 Å². The van der Waals surface area contributed by atoms with Crippen LogP contribution in [0.3, 0.4) is 0 Å². The number of rotatable bonds is 5. The molecule has 2 aromatic carbocycles. The lowest BCUT2D eigenvalue weighted by molar-refractivity contribution is -0.123. The topological polar surface area (TPSA) is 124 Å². The van der Waals surface area contributed by atoms with E-state index in [1.165, 1.54) is 28.6 Å². The van der Waals surface area contributed by atoms with Gasteiger partial charge in [-0.2, -0.15) is 4.98 Å². The lowest BCUT2D eigenvalue weighted by Gasteiger charge is -2.37. The monoisotopic (exact) mass is 603 g/mol. The van der Waals surface area contributed by atoms with Crippen molar-refractivity contribution >= 4 is 34.6 Å². The molecule has 0 bridgehead atoms. The van der Waals surface area contributed by atoms with Crippen LogP contribution in [-0.4, -0.2) is 80.8 Å². The zero-order valence-electron chi connectivity index (χ0n) is 24.2. The standard InChI is InChI=1S/C30H30FN7O6/c1-33-26-25(28(41)34(2)30(33)42)37(17-18-3-5-19(31)6-4-18)29(32-26)36-11-9-35(10-12-36)21-16-24(39)38(27(21)40)20-7-8-22-23(15-20)44-14-13-43-22/h3-8,15,21H,9-14,16-17H2,1-2H3. The van der Waals surface area contributed by atoms with E-state index in [1.54, 1.807) is 41.9 Å². The summed E-state index contributed by atoms with van der Waals surface area (Å²) in [6.07, 6.45) is 0.0640. The summed E-state index contributed by atoms with van der Waals surface area (Å²) >= 11 is 0. The molecule has 1 atom stereocenters. The Hall–Kier alpha value is -4.98. The third-order valence-electron chi connectivity index (χ3n) is 8.53. The summed E-state index contributed by atoms with van der Waals surface area (Å²) in [6, 6.07) is 10.4. The summed E-state index contributed by atoms with van der Waals surface area (Å²) in [7, 11) is 2.99. The van der Waals surface area contributed by atoms with Crippen LogP contribution in [0.5, 0.6) is 11.5 Å². The van der Waals surface area contributed by atoms with Crippen LogP contribution < -0.4 is 30.5 Å². The second-order valence-corrected chi connectivity index (χ2v) is 11.1. The normalized spacial score (nSPS) is 18.9. The molecule has 228 valence electrons. The molecule has 13 nitrogen and oxygen atoms in total. The van der Waals surface area contributed by atoms with Crippen LogP contribution in [0.2, 0.25) is 0 Å². The fourth-order valence-corrected chi connectivity index (χ4v) is 6.18. The highest BCUT2D eigenvalue weighted by atomic mass is 19.1. The number of aryl methyl sites for hydroxylation is 1. The van der Waals surface area contributed by atoms with Crippen LogP contribution in [0, 0.1) is 5.82 Å². The zero-order chi connectivity index (χ0) is 30.7. The van der Waals surface area contributed by atoms with Gasteiger partial charge in [0, 0.05) is 46.3 Å². The highest BCUT2D eigenvalue weighted by molar-refractivity contribution is 6.22. The van der Waals surface area contributed by atoms with Gasteiger partial charge in [0.2, 0.25) is 11.9 Å². The Balaban J connectivity index is 1.15. The fourth-order valence-electron chi connectivity index (χ4n) is 6.18. The fraction of sp³-hybridized carbons (Fsp3) is 0.367. The van der Waals surface area contributed by atoms with Crippen molar-refractivity contribution in [2.45, 2.75) is 19.0 Å². The highest BCUT2D eigenvalue weighted by Crippen LogP contribution is 2.36. The van der Waals surface area contributed by atoms with Gasteiger partial charge in [-0.25, -0.2) is 14.1 Å². The maximum atomic E-state index is 13.6. The molecule has 3 aliphatic rings. The van der Waals surface area contributed by atoms with Crippen LogP contribution in [0.25, 0.3) is 11.2 Å². The Kier molecular flexibility index (Phi) is 6.72. The molecule has 2 amide bonds. The number of carbonyl (C=O) groups excluding carboxylic acids is 2. The summed E-state index contributed by atoms with van der Waals surface area (Å²) in [4.78, 5) is 62.5. The zero-order valence-corrected chi connectivity index (χ0v) is 24.2. The van der Waals surface area contributed by atoms with Crippen molar-refractivity contribution in [3.05, 3.63) is 74.7 Å². The number of hydrogen-bond acceptors (Lipinski definition) is 9. The van der Waals surface area contributed by atoms with E-state index in [9.17, 15) is 23.6 Å². The third-order valence-corrected chi connectivity index (χ3v) is 8.53. The van der Waals surface area contributed by atoms with E-state index in [2.05, 4.69) is 0 Å². The molecule has 14 heteroatoms. The SMILES string of the molecule is Cn1c(=O)c2c(nc(N3CCN(C4CC(=O)N(c5ccc6c(c5)OCCO6)C4=O)CC3)n2Cc2ccc(F)cc2)n(C)c1=O. The molecule has 2 fully saturated rings. The first-order valence-corrected chi connectivity index (χ1v) is 14.4. The van der Waals surface area contributed by atoms with Crippen LogP contribution in [0.1, 0.15) is 12.0 Å². The molecule has 7 rings (SSSR count). The molecule has 5 heterocycles. The van der Waals surface area contributed by atoms with Crippen molar-refractivity contribution in [1.82, 2.24) is 23.6 Å². The van der Waals surface area contributed by atoms with Gasteiger partial charge in [-0.15, -0.1) is 0 Å². The minimum atomic E-state index is -0.607. The molecule has 2 aromatic heterocycles. The molecule has 4 aromatic rings. The number of ether oxygens (including phenoxy) is 2. The van der Waals surface area contributed by atoms with Crippen molar-refractivity contribution < 1.29 is 23.5 Å². The molecule has 0 spiro atoms. The van der Waals surface area contributed by atoms with E-state index in [0.29, 0.717) is 62.5 Å². The quantitative estimate of drug-likeness (QED) is 0.306. The molecular formula is C30H30FN7O6. The molecule has 3 aliphatic heterocycles. The summed E-state index contributed by atoms with van der Waals surface area (Å²) in [5.74, 6) is 0.636. The second kappa shape index (κ2) is 10.6. The summed E-state index contributed by atoms with van der Waals surface area (Å²) in [6.45, 7) is 2.93. The Labute approximate surface area is 250 Å². The number of piperazine rings is 1. The lowest BCUT2D eigenvalue weighted by Crippen LogP contribution is -2.53. The van der Waals surface area contributed by atoms with E-state index in [0.717, 1.165) is 10.1 Å². The minimum absolute atomic E-state index is 0.0640. The Morgan fingerprint density at radius 2 is 1.59 bits per heavy atom. The van der Waals surface area contributed by atoms with Crippen LogP contribution >= 0.6 is 0 Å². The number of halogens is 1. The van der Waals surface area contributed by atoms with Gasteiger partial charge < -0.3 is 14.4 Å². The Morgan fingerprint density at radius 3 is 2.32 bits per heavy atom. The predicted octanol–water partition coefficient (Wildman–Crippen LogP) is 0.846. The number of nitrogens with zero attached hydrogens (tertiary/aromatic N) is 7. The Morgan fingerprint density at radius 1 is 0.886 bits per heavy atom. The highest BCUT2D eigenvalue weighted by Gasteiger charge is 2.44. The number of fused-ring (bicyclic) bond motifs is 2. The van der Waals surface area contributed by atoms with Crippen molar-refractivity contribution in [2.24, 2.45) is 14.1 Å².